The molecular weight excluding hydrogens is 520 g/mol. The van der Waals surface area contributed by atoms with Crippen LogP contribution in [0.4, 0.5) is 0 Å². The van der Waals surface area contributed by atoms with Crippen LogP contribution in [0.5, 0.6) is 0 Å². The van der Waals surface area contributed by atoms with Gasteiger partial charge in [0.25, 0.3) is 0 Å². The van der Waals surface area contributed by atoms with Crippen molar-refractivity contribution in [3.05, 3.63) is 66.4 Å². The Hall–Kier alpha value is -2.83. The first kappa shape index (κ1) is 30.1. The zero-order chi connectivity index (χ0) is 27.8. The summed E-state index contributed by atoms with van der Waals surface area (Å²) in [5, 5.41) is 1.09. The number of rotatable bonds is 18. The highest BCUT2D eigenvalue weighted by atomic mass is 32.2. The number of ether oxygens (including phenoxy) is 3. The Bertz CT molecular complexity index is 1190. The van der Waals surface area contributed by atoms with Crippen LogP contribution in [0.15, 0.2) is 71.6 Å². The fourth-order valence-electron chi connectivity index (χ4n) is 5.00. The van der Waals surface area contributed by atoms with Gasteiger partial charge < -0.3 is 18.8 Å². The molecule has 7 heteroatoms. The Balaban J connectivity index is 1.44. The molecule has 0 radical (unpaired) electrons. The third kappa shape index (κ3) is 9.10. The number of hydrogen-bond acceptors (Lipinski definition) is 6. The zero-order valence-corrected chi connectivity index (χ0v) is 24.5. The van der Waals surface area contributed by atoms with Crippen LogP contribution in [-0.4, -0.2) is 47.4 Å². The molecule has 0 amide bonds. The molecule has 1 aromatic heterocycles. The summed E-state index contributed by atoms with van der Waals surface area (Å²) in [5.74, 6) is 3.41. The van der Waals surface area contributed by atoms with Crippen molar-refractivity contribution in [1.82, 2.24) is 9.55 Å². The Labute approximate surface area is 243 Å². The topological polar surface area (TPSA) is 62.6 Å². The van der Waals surface area contributed by atoms with Gasteiger partial charge >= 0.3 is 0 Å². The Morgan fingerprint density at radius 3 is 2.30 bits per heavy atom. The maximum Gasteiger partial charge on any atom is 0.179 e. The minimum absolute atomic E-state index is 0.00590. The quantitative estimate of drug-likeness (QED) is 0.0679. The van der Waals surface area contributed by atoms with Gasteiger partial charge in [-0.15, -0.1) is 0 Å². The minimum atomic E-state index is -0.00590. The largest absolute Gasteiger partial charge is 0.487 e. The molecule has 4 rings (SSSR count). The van der Waals surface area contributed by atoms with Crippen molar-refractivity contribution < 1.29 is 19.0 Å². The predicted octanol–water partition coefficient (Wildman–Crippen LogP) is 7.95. The van der Waals surface area contributed by atoms with E-state index in [1.54, 1.807) is 0 Å². The van der Waals surface area contributed by atoms with Gasteiger partial charge in [0, 0.05) is 29.8 Å². The number of hydrogen-bond donors (Lipinski definition) is 0. The number of nitrogens with zero attached hydrogens (tertiary/aromatic N) is 2. The number of carbonyl (C=O) groups excluding carboxylic acids is 1. The summed E-state index contributed by atoms with van der Waals surface area (Å²) in [5.41, 5.74) is 4.56. The van der Waals surface area contributed by atoms with Crippen LogP contribution in [0.2, 0.25) is 0 Å². The number of aromatic nitrogens is 2. The molecule has 1 aliphatic heterocycles. The number of benzene rings is 2. The zero-order valence-electron chi connectivity index (χ0n) is 23.7. The van der Waals surface area contributed by atoms with Gasteiger partial charge in [-0.3, -0.25) is 0 Å². The summed E-state index contributed by atoms with van der Waals surface area (Å²) in [4.78, 5) is 16.3. The van der Waals surface area contributed by atoms with Crippen LogP contribution in [-0.2, 0) is 25.5 Å². The van der Waals surface area contributed by atoms with Gasteiger partial charge in [0.15, 0.2) is 23.1 Å². The number of allylic oxidation sites excluding steroid dienone is 1. The van der Waals surface area contributed by atoms with Crippen molar-refractivity contribution in [1.29, 1.82) is 0 Å². The lowest BCUT2D eigenvalue weighted by Gasteiger charge is -2.13. The Morgan fingerprint density at radius 1 is 0.925 bits per heavy atom. The molecule has 0 bridgehead atoms. The lowest BCUT2D eigenvalue weighted by molar-refractivity contribution is -0.0479. The molecule has 40 heavy (non-hydrogen) atoms. The van der Waals surface area contributed by atoms with Crippen molar-refractivity contribution in [3.63, 3.8) is 0 Å². The van der Waals surface area contributed by atoms with E-state index >= 15 is 0 Å². The SMILES string of the molecule is CCOC(=C=O)CCCCCCn1c(SCCCCCC2OCCO2)nc(-c2ccccc2)c1-c1ccccc1. The molecule has 0 atom stereocenters. The van der Waals surface area contributed by atoms with E-state index in [1.807, 2.05) is 24.6 Å². The van der Waals surface area contributed by atoms with Gasteiger partial charge in [0.1, 0.15) is 0 Å². The molecule has 2 heterocycles. The Morgan fingerprint density at radius 2 is 1.60 bits per heavy atom. The molecule has 0 unspecified atom stereocenters. The number of thioether (sulfide) groups is 1. The third-order valence-electron chi connectivity index (χ3n) is 7.00. The van der Waals surface area contributed by atoms with Crippen LogP contribution in [0.25, 0.3) is 22.5 Å². The van der Waals surface area contributed by atoms with Crippen LogP contribution in [0.1, 0.15) is 64.7 Å². The van der Waals surface area contributed by atoms with Crippen LogP contribution in [0, 0.1) is 0 Å². The maximum absolute atomic E-state index is 11.0. The highest BCUT2D eigenvalue weighted by Crippen LogP contribution is 2.36. The van der Waals surface area contributed by atoms with Crippen molar-refractivity contribution in [3.8, 4) is 22.5 Å². The fraction of sp³-hybridized carbons (Fsp3) is 0.485. The summed E-state index contributed by atoms with van der Waals surface area (Å²) in [7, 11) is 0. The molecule has 1 saturated heterocycles. The summed E-state index contributed by atoms with van der Waals surface area (Å²) >= 11 is 1.86. The van der Waals surface area contributed by atoms with Gasteiger partial charge in [0.05, 0.1) is 31.2 Å². The van der Waals surface area contributed by atoms with E-state index in [-0.39, 0.29) is 6.29 Å². The van der Waals surface area contributed by atoms with Crippen molar-refractivity contribution >= 4 is 17.7 Å². The molecule has 0 spiro atoms. The third-order valence-corrected chi connectivity index (χ3v) is 8.06. The second-order valence-corrected chi connectivity index (χ2v) is 11.0. The lowest BCUT2D eigenvalue weighted by atomic mass is 10.0. The van der Waals surface area contributed by atoms with E-state index in [2.05, 4.69) is 65.2 Å². The van der Waals surface area contributed by atoms with E-state index in [0.717, 1.165) is 93.3 Å². The van der Waals surface area contributed by atoms with Crippen molar-refractivity contribution in [2.45, 2.75) is 82.7 Å². The van der Waals surface area contributed by atoms with E-state index in [1.165, 1.54) is 11.3 Å². The minimum Gasteiger partial charge on any atom is -0.487 e. The molecule has 214 valence electrons. The molecule has 6 nitrogen and oxygen atoms in total. The molecule has 2 aromatic carbocycles. The standard InChI is InChI=1S/C33H42N2O4S/c1-2-37-29(26-36)20-12-3-4-14-22-35-32(28-18-10-6-11-19-28)31(27-16-8-5-9-17-27)34-33(35)40-25-15-7-13-21-30-38-23-24-39-30/h5-6,8-11,16-19,30H,2-4,7,12-15,20-25H2,1H3. The monoisotopic (exact) mass is 562 g/mol. The number of unbranched alkanes of at least 4 members (excludes halogenated alkanes) is 5. The Kier molecular flexibility index (Phi) is 12.9. The molecule has 1 fully saturated rings. The van der Waals surface area contributed by atoms with Gasteiger partial charge in [-0.1, -0.05) is 91.7 Å². The molecule has 1 aliphatic rings. The van der Waals surface area contributed by atoms with E-state index in [0.29, 0.717) is 18.8 Å². The first-order chi connectivity index (χ1) is 19.8. The molecular formula is C33H42N2O4S. The van der Waals surface area contributed by atoms with Gasteiger partial charge in [-0.05, 0) is 39.0 Å². The average Bonchev–Trinajstić information content (AvgIpc) is 3.65. The summed E-state index contributed by atoms with van der Waals surface area (Å²) < 4.78 is 18.9. The van der Waals surface area contributed by atoms with Crippen molar-refractivity contribution in [2.24, 2.45) is 0 Å². The normalized spacial score (nSPS) is 13.4. The van der Waals surface area contributed by atoms with E-state index in [4.69, 9.17) is 19.2 Å². The summed E-state index contributed by atoms with van der Waals surface area (Å²) in [6, 6.07) is 21.1. The van der Waals surface area contributed by atoms with Gasteiger partial charge in [0.2, 0.25) is 0 Å². The van der Waals surface area contributed by atoms with E-state index < -0.39 is 0 Å². The second kappa shape index (κ2) is 17.1. The van der Waals surface area contributed by atoms with Crippen LogP contribution >= 0.6 is 11.8 Å². The average molecular weight is 563 g/mol. The van der Waals surface area contributed by atoms with E-state index in [9.17, 15) is 4.79 Å². The molecule has 0 N–H and O–H groups in total. The lowest BCUT2D eigenvalue weighted by Crippen LogP contribution is -2.06. The van der Waals surface area contributed by atoms with Crippen molar-refractivity contribution in [2.75, 3.05) is 25.6 Å². The highest BCUT2D eigenvalue weighted by molar-refractivity contribution is 7.99. The number of imidazole rings is 1. The predicted molar refractivity (Wildman–Crippen MR) is 162 cm³/mol. The first-order valence-corrected chi connectivity index (χ1v) is 15.7. The molecule has 3 aromatic rings. The fourth-order valence-corrected chi connectivity index (χ4v) is 6.02. The smallest absolute Gasteiger partial charge is 0.179 e. The molecule has 0 saturated carbocycles. The summed E-state index contributed by atoms with van der Waals surface area (Å²) in [6.45, 7) is 4.76. The maximum atomic E-state index is 11.0. The molecule has 0 aliphatic carbocycles. The second-order valence-electron chi connectivity index (χ2n) is 9.97. The van der Waals surface area contributed by atoms with Crippen LogP contribution < -0.4 is 0 Å². The summed E-state index contributed by atoms with van der Waals surface area (Å²) in [6.07, 6.45) is 9.17. The van der Waals surface area contributed by atoms with Gasteiger partial charge in [-0.2, -0.15) is 0 Å². The van der Waals surface area contributed by atoms with Gasteiger partial charge in [-0.25, -0.2) is 9.78 Å². The first-order valence-electron chi connectivity index (χ1n) is 14.7. The van der Waals surface area contributed by atoms with Crippen LogP contribution in [0.3, 0.4) is 0 Å². The highest BCUT2D eigenvalue weighted by Gasteiger charge is 2.20.